The van der Waals surface area contributed by atoms with Crippen LogP contribution in [0.15, 0.2) is 35.5 Å². The Morgan fingerprint density at radius 1 is 1.50 bits per heavy atom. The Morgan fingerprint density at radius 2 is 2.21 bits per heavy atom. The summed E-state index contributed by atoms with van der Waals surface area (Å²) in [5, 5.41) is 9.63. The van der Waals surface area contributed by atoms with E-state index in [0.717, 1.165) is 0 Å². The lowest BCUT2D eigenvalue weighted by Crippen LogP contribution is -2.44. The molecule has 0 bridgehead atoms. The van der Waals surface area contributed by atoms with E-state index in [2.05, 4.69) is 6.58 Å². The highest BCUT2D eigenvalue weighted by Crippen LogP contribution is 2.37. The van der Waals surface area contributed by atoms with E-state index in [9.17, 15) is 19.5 Å². The van der Waals surface area contributed by atoms with E-state index in [-0.39, 0.29) is 18.1 Å². The minimum atomic E-state index is -0.971. The summed E-state index contributed by atoms with van der Waals surface area (Å²) in [6.07, 6.45) is 3.01. The number of hydrogen-bond donors (Lipinski definition) is 1. The normalized spacial score (nSPS) is 31.0. The summed E-state index contributed by atoms with van der Waals surface area (Å²) in [7, 11) is 1.42. The van der Waals surface area contributed by atoms with Crippen LogP contribution in [0.3, 0.4) is 0 Å². The maximum atomic E-state index is 12.6. The number of hydrogen-bond acceptors (Lipinski definition) is 7. The van der Waals surface area contributed by atoms with Crippen molar-refractivity contribution in [3.63, 3.8) is 0 Å². The average Bonchev–Trinajstić information content (AvgIpc) is 2.97. The van der Waals surface area contributed by atoms with Crippen molar-refractivity contribution in [2.75, 3.05) is 13.7 Å². The largest absolute Gasteiger partial charge is 0.458 e. The number of allylic oxidation sites excluding steroid dienone is 1. The molecule has 0 saturated carbocycles. The summed E-state index contributed by atoms with van der Waals surface area (Å²) in [6.45, 7) is 7.22. The zero-order chi connectivity index (χ0) is 20.8. The van der Waals surface area contributed by atoms with Gasteiger partial charge in [0, 0.05) is 18.3 Å². The topological polar surface area (TPSA) is 99.1 Å². The van der Waals surface area contributed by atoms with Gasteiger partial charge in [-0.3, -0.25) is 9.59 Å². The second kappa shape index (κ2) is 9.80. The van der Waals surface area contributed by atoms with Crippen LogP contribution in [0.2, 0.25) is 0 Å². The number of ether oxygens (including phenoxy) is 3. The van der Waals surface area contributed by atoms with Crippen LogP contribution < -0.4 is 0 Å². The third-order valence-corrected chi connectivity index (χ3v) is 5.35. The smallest absolute Gasteiger partial charge is 0.334 e. The lowest BCUT2D eigenvalue weighted by molar-refractivity contribution is -0.164. The third kappa shape index (κ3) is 4.59. The first-order valence-electron chi connectivity index (χ1n) is 9.46. The molecule has 2 aliphatic rings. The van der Waals surface area contributed by atoms with Gasteiger partial charge in [-0.25, -0.2) is 4.79 Å². The summed E-state index contributed by atoms with van der Waals surface area (Å²) in [4.78, 5) is 36.5. The number of carbonyl (C=O) groups excluding carboxylic acids is 3. The van der Waals surface area contributed by atoms with Crippen LogP contribution in [0.1, 0.15) is 33.1 Å². The van der Waals surface area contributed by atoms with Gasteiger partial charge in [-0.1, -0.05) is 26.5 Å². The summed E-state index contributed by atoms with van der Waals surface area (Å²) >= 11 is 0. The van der Waals surface area contributed by atoms with Crippen molar-refractivity contribution in [3.8, 4) is 0 Å². The quantitative estimate of drug-likeness (QED) is 0.319. The summed E-state index contributed by atoms with van der Waals surface area (Å²) in [5.41, 5.74) is 1.13. The third-order valence-electron chi connectivity index (χ3n) is 5.35. The summed E-state index contributed by atoms with van der Waals surface area (Å²) in [6, 6.07) is 0. The molecule has 1 fully saturated rings. The maximum absolute atomic E-state index is 12.6. The zero-order valence-electron chi connectivity index (χ0n) is 16.6. The number of aliphatic hydroxyl groups is 1. The van der Waals surface area contributed by atoms with Crippen molar-refractivity contribution in [2.24, 2.45) is 11.8 Å². The molecule has 7 nitrogen and oxygen atoms in total. The van der Waals surface area contributed by atoms with E-state index in [4.69, 9.17) is 14.2 Å². The molecular weight excluding hydrogens is 364 g/mol. The number of rotatable bonds is 6. The average molecular weight is 392 g/mol. The van der Waals surface area contributed by atoms with E-state index < -0.39 is 36.2 Å². The van der Waals surface area contributed by atoms with Gasteiger partial charge in [0.25, 0.3) is 0 Å². The Hall–Kier alpha value is -2.25. The van der Waals surface area contributed by atoms with Gasteiger partial charge >= 0.3 is 11.9 Å². The van der Waals surface area contributed by atoms with Crippen LogP contribution in [0, 0.1) is 11.8 Å². The molecular formula is C21H28O7. The molecule has 5 atom stereocenters. The van der Waals surface area contributed by atoms with Gasteiger partial charge in [-0.2, -0.15) is 0 Å². The Labute approximate surface area is 165 Å². The molecule has 1 N–H and O–H groups in total. The number of methoxy groups -OCH3 is 1. The molecule has 0 aromatic heterocycles. The molecule has 1 aliphatic carbocycles. The number of carbonyl (C=O) groups is 3. The number of fused-ring (bicyclic) bond motifs is 1. The molecule has 0 aromatic rings. The van der Waals surface area contributed by atoms with Gasteiger partial charge in [0.1, 0.15) is 24.6 Å². The first-order chi connectivity index (χ1) is 13.4. The standard InChI is InChI=1S/C21H28O7/c1-5-12(2)20(24)28-19-17-13(3)21(25)27-16(17)9-14(10-22)7-6-8-15(11-23)18(19)26-4/h8-9,11-12,16-19,22H,3,5-7,10H2,1-2,4H3/b14-9-,15-8?/t12-,16-,17-,18+,19-/m1/s1. The van der Waals surface area contributed by atoms with Crippen LogP contribution in [0.25, 0.3) is 0 Å². The number of esters is 2. The van der Waals surface area contributed by atoms with E-state index >= 15 is 0 Å². The van der Waals surface area contributed by atoms with Crippen molar-refractivity contribution in [1.29, 1.82) is 0 Å². The van der Waals surface area contributed by atoms with Gasteiger partial charge in [0.2, 0.25) is 0 Å². The fourth-order valence-corrected chi connectivity index (χ4v) is 3.43. The summed E-state index contributed by atoms with van der Waals surface area (Å²) in [5.74, 6) is -2.13. The fourth-order valence-electron chi connectivity index (χ4n) is 3.43. The predicted octanol–water partition coefficient (Wildman–Crippen LogP) is 1.89. The number of aliphatic hydroxyl groups excluding tert-OH is 1. The molecule has 154 valence electrons. The Balaban J connectivity index is 2.56. The van der Waals surface area contributed by atoms with Gasteiger partial charge in [-0.15, -0.1) is 0 Å². The monoisotopic (exact) mass is 392 g/mol. The molecule has 0 aromatic carbocycles. The van der Waals surface area contributed by atoms with Gasteiger partial charge in [0.15, 0.2) is 0 Å². The molecule has 7 heteroatoms. The highest BCUT2D eigenvalue weighted by Gasteiger charge is 2.48. The molecule has 0 unspecified atom stereocenters. The van der Waals surface area contributed by atoms with Gasteiger partial charge in [-0.05, 0) is 30.9 Å². The molecule has 1 saturated heterocycles. The van der Waals surface area contributed by atoms with Crippen LogP contribution in [-0.4, -0.2) is 55.4 Å². The summed E-state index contributed by atoms with van der Waals surface area (Å²) < 4.78 is 16.7. The SMILES string of the molecule is C=C1C(=O)O[C@@H]2/C=C(\CO)CCC=C(C=O)[C@H](OC)[C@H](OC(=O)[C@H](C)CC)[C@H]12. The zero-order valence-corrected chi connectivity index (χ0v) is 16.6. The predicted molar refractivity (Wildman–Crippen MR) is 101 cm³/mol. The Kier molecular flexibility index (Phi) is 7.71. The van der Waals surface area contributed by atoms with Crippen LogP contribution in [-0.2, 0) is 28.6 Å². The molecule has 0 spiro atoms. The molecule has 28 heavy (non-hydrogen) atoms. The van der Waals surface area contributed by atoms with Gasteiger partial charge in [0.05, 0.1) is 18.4 Å². The first kappa shape index (κ1) is 22.0. The first-order valence-corrected chi connectivity index (χ1v) is 9.46. The maximum Gasteiger partial charge on any atom is 0.334 e. The molecule has 1 heterocycles. The van der Waals surface area contributed by atoms with E-state index in [1.807, 2.05) is 6.92 Å². The highest BCUT2D eigenvalue weighted by atomic mass is 16.6. The van der Waals surface area contributed by atoms with Crippen LogP contribution >= 0.6 is 0 Å². The molecule has 1 aliphatic heterocycles. The molecule has 0 amide bonds. The van der Waals surface area contributed by atoms with Crippen molar-refractivity contribution in [1.82, 2.24) is 0 Å². The molecule has 2 rings (SSSR count). The van der Waals surface area contributed by atoms with E-state index in [1.165, 1.54) is 7.11 Å². The van der Waals surface area contributed by atoms with E-state index in [0.29, 0.717) is 36.7 Å². The van der Waals surface area contributed by atoms with Crippen molar-refractivity contribution in [2.45, 2.75) is 51.4 Å². The lowest BCUT2D eigenvalue weighted by atomic mass is 9.83. The highest BCUT2D eigenvalue weighted by molar-refractivity contribution is 5.91. The van der Waals surface area contributed by atoms with Crippen molar-refractivity contribution < 1.29 is 33.7 Å². The second-order valence-electron chi connectivity index (χ2n) is 7.13. The minimum absolute atomic E-state index is 0.147. The Bertz CT molecular complexity index is 691. The van der Waals surface area contributed by atoms with Gasteiger partial charge < -0.3 is 19.3 Å². The Morgan fingerprint density at radius 3 is 2.79 bits per heavy atom. The minimum Gasteiger partial charge on any atom is -0.458 e. The van der Waals surface area contributed by atoms with E-state index in [1.54, 1.807) is 19.1 Å². The number of aldehydes is 1. The van der Waals surface area contributed by atoms with Crippen LogP contribution in [0.5, 0.6) is 0 Å². The molecule has 0 radical (unpaired) electrons. The second-order valence-corrected chi connectivity index (χ2v) is 7.13. The lowest BCUT2D eigenvalue weighted by Gasteiger charge is -2.33. The fraction of sp³-hybridized carbons (Fsp3) is 0.571. The van der Waals surface area contributed by atoms with Crippen molar-refractivity contribution in [3.05, 3.63) is 35.5 Å². The van der Waals surface area contributed by atoms with Crippen LogP contribution in [0.4, 0.5) is 0 Å². The van der Waals surface area contributed by atoms with Crippen molar-refractivity contribution >= 4 is 18.2 Å².